The zero-order valence-electron chi connectivity index (χ0n) is 14.3. The first-order valence-electron chi connectivity index (χ1n) is 8.71. The molecule has 0 aliphatic carbocycles. The van der Waals surface area contributed by atoms with Crippen molar-refractivity contribution in [2.24, 2.45) is 5.92 Å². The van der Waals surface area contributed by atoms with Crippen molar-refractivity contribution < 1.29 is 9.59 Å². The number of fused-ring (bicyclic) bond motifs is 4. The van der Waals surface area contributed by atoms with Crippen LogP contribution in [0.15, 0.2) is 23.0 Å². The van der Waals surface area contributed by atoms with Gasteiger partial charge in [-0.15, -0.1) is 0 Å². The SMILES string of the molecule is CC(C)NC(=O)CCC(=O)N1C[C@H]2C[C@@H](C1)c1cccc(=O)n1C2. The van der Waals surface area contributed by atoms with Gasteiger partial charge >= 0.3 is 0 Å². The normalized spacial score (nSPS) is 22.2. The molecule has 2 aliphatic heterocycles. The van der Waals surface area contributed by atoms with Gasteiger partial charge in [0.15, 0.2) is 0 Å². The molecule has 0 aromatic carbocycles. The molecule has 6 heteroatoms. The number of nitrogens with zero attached hydrogens (tertiary/aromatic N) is 2. The average molecular weight is 331 g/mol. The summed E-state index contributed by atoms with van der Waals surface area (Å²) in [6, 6.07) is 5.48. The molecule has 1 N–H and O–H groups in total. The zero-order valence-corrected chi connectivity index (χ0v) is 14.3. The summed E-state index contributed by atoms with van der Waals surface area (Å²) in [5.74, 6) is 0.507. The van der Waals surface area contributed by atoms with Gasteiger partial charge in [0.25, 0.3) is 5.56 Å². The molecule has 2 amide bonds. The van der Waals surface area contributed by atoms with Crippen LogP contribution in [0.4, 0.5) is 0 Å². The Morgan fingerprint density at radius 1 is 1.21 bits per heavy atom. The van der Waals surface area contributed by atoms with Crippen LogP contribution in [-0.2, 0) is 16.1 Å². The van der Waals surface area contributed by atoms with Crippen LogP contribution >= 0.6 is 0 Å². The molecule has 24 heavy (non-hydrogen) atoms. The summed E-state index contributed by atoms with van der Waals surface area (Å²) in [6.07, 6.45) is 1.51. The molecule has 130 valence electrons. The van der Waals surface area contributed by atoms with Gasteiger partial charge in [-0.3, -0.25) is 14.4 Å². The molecule has 2 atom stereocenters. The van der Waals surface area contributed by atoms with Gasteiger partial charge in [0.1, 0.15) is 0 Å². The fraction of sp³-hybridized carbons (Fsp3) is 0.611. The predicted octanol–water partition coefficient (Wildman–Crippen LogP) is 1.10. The zero-order chi connectivity index (χ0) is 17.3. The van der Waals surface area contributed by atoms with Gasteiger partial charge in [-0.05, 0) is 32.3 Å². The first kappa shape index (κ1) is 16.7. The highest BCUT2D eigenvalue weighted by Gasteiger charge is 2.36. The van der Waals surface area contributed by atoms with Crippen LogP contribution in [0.25, 0.3) is 0 Å². The van der Waals surface area contributed by atoms with E-state index >= 15 is 0 Å². The fourth-order valence-corrected chi connectivity index (χ4v) is 3.87. The molecule has 1 aromatic rings. The molecular weight excluding hydrogens is 306 g/mol. The van der Waals surface area contributed by atoms with Gasteiger partial charge in [0.2, 0.25) is 11.8 Å². The van der Waals surface area contributed by atoms with E-state index in [4.69, 9.17) is 0 Å². The molecule has 6 nitrogen and oxygen atoms in total. The van der Waals surface area contributed by atoms with Gasteiger partial charge < -0.3 is 14.8 Å². The van der Waals surface area contributed by atoms with Crippen molar-refractivity contribution >= 4 is 11.8 Å². The van der Waals surface area contributed by atoms with E-state index in [2.05, 4.69) is 5.32 Å². The summed E-state index contributed by atoms with van der Waals surface area (Å²) in [6.45, 7) is 5.82. The van der Waals surface area contributed by atoms with Crippen LogP contribution in [0.1, 0.15) is 44.7 Å². The standard InChI is InChI=1S/C18H25N3O3/c1-12(2)19-16(22)6-7-17(23)20-9-13-8-14(11-20)15-4-3-5-18(24)21(15)10-13/h3-5,12-14H,6-11H2,1-2H3,(H,19,22)/t13-,14+/m1/s1. The third-order valence-electron chi connectivity index (χ3n) is 4.85. The smallest absolute Gasteiger partial charge is 0.250 e. The minimum absolute atomic E-state index is 0.0373. The summed E-state index contributed by atoms with van der Waals surface area (Å²) in [7, 11) is 0. The Morgan fingerprint density at radius 2 is 2.00 bits per heavy atom. The van der Waals surface area contributed by atoms with Crippen molar-refractivity contribution in [3.8, 4) is 0 Å². The summed E-state index contributed by atoms with van der Waals surface area (Å²) < 4.78 is 1.86. The molecule has 3 heterocycles. The molecule has 0 spiro atoms. The van der Waals surface area contributed by atoms with Gasteiger partial charge in [0.05, 0.1) is 0 Å². The molecule has 0 unspecified atom stereocenters. The van der Waals surface area contributed by atoms with E-state index in [1.54, 1.807) is 12.1 Å². The average Bonchev–Trinajstić information content (AvgIpc) is 2.53. The molecule has 1 aromatic heterocycles. The van der Waals surface area contributed by atoms with Crippen molar-refractivity contribution in [1.82, 2.24) is 14.8 Å². The molecule has 1 fully saturated rings. The van der Waals surface area contributed by atoms with Crippen LogP contribution in [0, 0.1) is 5.92 Å². The highest BCUT2D eigenvalue weighted by molar-refractivity contribution is 5.84. The minimum atomic E-state index is -0.0764. The van der Waals surface area contributed by atoms with E-state index in [0.717, 1.165) is 12.1 Å². The maximum absolute atomic E-state index is 12.5. The number of carbonyl (C=O) groups excluding carboxylic acids is 2. The number of carbonyl (C=O) groups is 2. The number of amides is 2. The monoisotopic (exact) mass is 331 g/mol. The third kappa shape index (κ3) is 3.52. The van der Waals surface area contributed by atoms with Gasteiger partial charge in [-0.2, -0.15) is 0 Å². The van der Waals surface area contributed by atoms with E-state index in [9.17, 15) is 14.4 Å². The molecule has 3 rings (SSSR count). The number of nitrogens with one attached hydrogen (secondary N) is 1. The Labute approximate surface area is 141 Å². The number of hydrogen-bond donors (Lipinski definition) is 1. The Balaban J connectivity index is 1.63. The lowest BCUT2D eigenvalue weighted by molar-refractivity contribution is -0.136. The summed E-state index contributed by atoms with van der Waals surface area (Å²) >= 11 is 0. The third-order valence-corrected chi connectivity index (χ3v) is 4.85. The van der Waals surface area contributed by atoms with Crippen LogP contribution in [0.3, 0.4) is 0 Å². The number of piperidine rings is 1. The molecule has 1 saturated heterocycles. The van der Waals surface area contributed by atoms with Crippen molar-refractivity contribution in [1.29, 1.82) is 0 Å². The number of aromatic nitrogens is 1. The summed E-state index contributed by atoms with van der Waals surface area (Å²) in [5, 5.41) is 2.81. The number of likely N-dealkylation sites (tertiary alicyclic amines) is 1. The van der Waals surface area contributed by atoms with Crippen molar-refractivity contribution in [3.63, 3.8) is 0 Å². The highest BCUT2D eigenvalue weighted by atomic mass is 16.2. The lowest BCUT2D eigenvalue weighted by Crippen LogP contribution is -2.49. The first-order valence-corrected chi connectivity index (χ1v) is 8.71. The van der Waals surface area contributed by atoms with Crippen LogP contribution in [0.5, 0.6) is 0 Å². The molecule has 0 saturated carbocycles. The predicted molar refractivity (Wildman–Crippen MR) is 90.6 cm³/mol. The second kappa shape index (κ2) is 6.79. The van der Waals surface area contributed by atoms with E-state index in [1.807, 2.05) is 29.4 Å². The topological polar surface area (TPSA) is 71.4 Å². The molecular formula is C18H25N3O3. The quantitative estimate of drug-likeness (QED) is 0.898. The van der Waals surface area contributed by atoms with Crippen LogP contribution in [-0.4, -0.2) is 40.4 Å². The molecule has 2 aliphatic rings. The van der Waals surface area contributed by atoms with Crippen molar-refractivity contribution in [2.75, 3.05) is 13.1 Å². The number of pyridine rings is 1. The summed E-state index contributed by atoms with van der Waals surface area (Å²) in [4.78, 5) is 38.1. The van der Waals surface area contributed by atoms with Gasteiger partial charge in [-0.1, -0.05) is 6.07 Å². The molecule has 0 radical (unpaired) electrons. The number of hydrogen-bond acceptors (Lipinski definition) is 3. The number of rotatable bonds is 4. The second-order valence-electron chi connectivity index (χ2n) is 7.22. The van der Waals surface area contributed by atoms with Gasteiger partial charge in [-0.25, -0.2) is 0 Å². The van der Waals surface area contributed by atoms with E-state index in [-0.39, 0.29) is 42.2 Å². The maximum Gasteiger partial charge on any atom is 0.250 e. The Bertz CT molecular complexity index is 695. The minimum Gasteiger partial charge on any atom is -0.354 e. The van der Waals surface area contributed by atoms with E-state index in [1.165, 1.54) is 0 Å². The van der Waals surface area contributed by atoms with Gasteiger partial charge in [0, 0.05) is 56.2 Å². The van der Waals surface area contributed by atoms with Crippen molar-refractivity contribution in [2.45, 2.75) is 51.6 Å². The lowest BCUT2D eigenvalue weighted by atomic mass is 9.83. The summed E-state index contributed by atoms with van der Waals surface area (Å²) in [5.41, 5.74) is 1.08. The fourth-order valence-electron chi connectivity index (χ4n) is 3.87. The molecule has 2 bridgehead atoms. The van der Waals surface area contributed by atoms with Crippen LogP contribution in [0.2, 0.25) is 0 Å². The second-order valence-corrected chi connectivity index (χ2v) is 7.22. The Morgan fingerprint density at radius 3 is 2.75 bits per heavy atom. The van der Waals surface area contributed by atoms with Crippen molar-refractivity contribution in [3.05, 3.63) is 34.2 Å². The Hall–Kier alpha value is -2.11. The lowest BCUT2D eigenvalue weighted by Gasteiger charge is -2.42. The largest absolute Gasteiger partial charge is 0.354 e. The highest BCUT2D eigenvalue weighted by Crippen LogP contribution is 2.35. The maximum atomic E-state index is 12.5. The van der Waals surface area contributed by atoms with E-state index in [0.29, 0.717) is 25.6 Å². The van der Waals surface area contributed by atoms with Crippen LogP contribution < -0.4 is 10.9 Å². The van der Waals surface area contributed by atoms with E-state index < -0.39 is 0 Å². The first-order chi connectivity index (χ1) is 11.4. The Kier molecular flexibility index (Phi) is 4.73.